The molecule has 2 amide bonds. The lowest BCUT2D eigenvalue weighted by molar-refractivity contribution is -0.129. The van der Waals surface area contributed by atoms with Gasteiger partial charge in [0.05, 0.1) is 12.6 Å². The molecule has 5 nitrogen and oxygen atoms in total. The highest BCUT2D eigenvalue weighted by atomic mass is 16.3. The lowest BCUT2D eigenvalue weighted by atomic mass is 9.94. The first kappa shape index (κ1) is 19.4. The molecule has 5 heteroatoms. The first-order valence-corrected chi connectivity index (χ1v) is 9.24. The Kier molecular flexibility index (Phi) is 6.59. The maximum absolute atomic E-state index is 13.0. The Morgan fingerprint density at radius 2 is 1.84 bits per heavy atom. The van der Waals surface area contributed by atoms with E-state index in [1.54, 1.807) is 4.90 Å². The van der Waals surface area contributed by atoms with Crippen molar-refractivity contribution in [3.8, 4) is 0 Å². The smallest absolute Gasteiger partial charge is 0.255 e. The first-order chi connectivity index (χ1) is 11.9. The predicted molar refractivity (Wildman–Crippen MR) is 98.0 cm³/mol. The Morgan fingerprint density at radius 3 is 2.40 bits per heavy atom. The van der Waals surface area contributed by atoms with Gasteiger partial charge in [-0.25, -0.2) is 0 Å². The van der Waals surface area contributed by atoms with Gasteiger partial charge in [-0.15, -0.1) is 0 Å². The van der Waals surface area contributed by atoms with E-state index in [0.29, 0.717) is 12.1 Å². The zero-order valence-corrected chi connectivity index (χ0v) is 15.7. The number of aliphatic hydroxyl groups is 1. The molecule has 0 aliphatic carbocycles. The molecule has 0 aromatic heterocycles. The Hall–Kier alpha value is -1.88. The number of rotatable bonds is 8. The highest BCUT2D eigenvalue weighted by molar-refractivity contribution is 6.01. The van der Waals surface area contributed by atoms with E-state index in [-0.39, 0.29) is 36.3 Å². The van der Waals surface area contributed by atoms with E-state index in [4.69, 9.17) is 0 Å². The van der Waals surface area contributed by atoms with Crippen LogP contribution in [0.1, 0.15) is 56.5 Å². The minimum atomic E-state index is -0.525. The zero-order chi connectivity index (χ0) is 18.6. The molecule has 1 heterocycles. The minimum Gasteiger partial charge on any atom is -0.394 e. The topological polar surface area (TPSA) is 69.6 Å². The van der Waals surface area contributed by atoms with Gasteiger partial charge in [0.2, 0.25) is 5.91 Å². The van der Waals surface area contributed by atoms with E-state index < -0.39 is 6.04 Å². The van der Waals surface area contributed by atoms with Crippen LogP contribution in [0.2, 0.25) is 0 Å². The van der Waals surface area contributed by atoms with Crippen LogP contribution in [0.25, 0.3) is 0 Å². The molecule has 0 unspecified atom stereocenters. The fourth-order valence-corrected chi connectivity index (χ4v) is 3.35. The molecule has 1 aromatic carbocycles. The molecule has 4 atom stereocenters. The fourth-order valence-electron chi connectivity index (χ4n) is 3.35. The summed E-state index contributed by atoms with van der Waals surface area (Å²) in [4.78, 5) is 27.5. The Labute approximate surface area is 150 Å². The molecular weight excluding hydrogens is 316 g/mol. The normalized spacial score (nSPS) is 18.4. The lowest BCUT2D eigenvalue weighted by Gasteiger charge is -2.33. The van der Waals surface area contributed by atoms with Crippen LogP contribution >= 0.6 is 0 Å². The molecule has 0 saturated carbocycles. The van der Waals surface area contributed by atoms with E-state index in [2.05, 4.69) is 5.32 Å². The third-order valence-corrected chi connectivity index (χ3v) is 5.49. The van der Waals surface area contributed by atoms with Gasteiger partial charge in [0.25, 0.3) is 5.91 Å². The molecule has 1 aliphatic heterocycles. The predicted octanol–water partition coefficient (Wildman–Crippen LogP) is 2.58. The number of aliphatic hydroxyl groups excluding tert-OH is 1. The molecule has 0 fully saturated rings. The molecule has 2 rings (SSSR count). The van der Waals surface area contributed by atoms with E-state index in [1.807, 2.05) is 52.0 Å². The Morgan fingerprint density at radius 1 is 1.20 bits per heavy atom. The van der Waals surface area contributed by atoms with Crippen molar-refractivity contribution in [1.29, 1.82) is 0 Å². The summed E-state index contributed by atoms with van der Waals surface area (Å²) in [5, 5.41) is 12.6. The Bertz CT molecular complexity index is 617. The van der Waals surface area contributed by atoms with Crippen molar-refractivity contribution in [2.24, 2.45) is 11.8 Å². The molecule has 25 heavy (non-hydrogen) atoms. The van der Waals surface area contributed by atoms with E-state index in [0.717, 1.165) is 18.4 Å². The minimum absolute atomic E-state index is 0.0366. The standard InChI is InChI=1S/C20H30N2O3/c1-5-13(3)17(12-23)21-19(24)18(14(4)6-2)22-11-15-9-7-8-10-16(15)20(22)25/h7-10,13-14,17-18,23H,5-6,11-12H2,1-4H3,(H,21,24)/t13-,14+,17-,18-/m1/s1. The third-order valence-electron chi connectivity index (χ3n) is 5.49. The van der Waals surface area contributed by atoms with Crippen molar-refractivity contribution in [1.82, 2.24) is 10.2 Å². The SMILES string of the molecule is CC[C@@H](C)[C@@H](CO)NC(=O)[C@@H]([C@@H](C)CC)N1Cc2ccccc2C1=O. The summed E-state index contributed by atoms with van der Waals surface area (Å²) >= 11 is 0. The summed E-state index contributed by atoms with van der Waals surface area (Å²) < 4.78 is 0. The summed E-state index contributed by atoms with van der Waals surface area (Å²) in [6.45, 7) is 8.43. The van der Waals surface area contributed by atoms with Crippen molar-refractivity contribution in [3.63, 3.8) is 0 Å². The van der Waals surface area contributed by atoms with Crippen molar-refractivity contribution in [2.75, 3.05) is 6.61 Å². The van der Waals surface area contributed by atoms with Crippen LogP contribution in [0.15, 0.2) is 24.3 Å². The summed E-state index contributed by atoms with van der Waals surface area (Å²) in [5.74, 6) is -0.0393. The van der Waals surface area contributed by atoms with Gasteiger partial charge >= 0.3 is 0 Å². The highest BCUT2D eigenvalue weighted by Gasteiger charge is 2.39. The van der Waals surface area contributed by atoms with Gasteiger partial charge in [0.15, 0.2) is 0 Å². The first-order valence-electron chi connectivity index (χ1n) is 9.24. The number of nitrogens with one attached hydrogen (secondary N) is 1. The molecule has 0 spiro atoms. The van der Waals surface area contributed by atoms with E-state index in [9.17, 15) is 14.7 Å². The third kappa shape index (κ3) is 4.03. The second-order valence-electron chi connectivity index (χ2n) is 7.10. The van der Waals surface area contributed by atoms with Gasteiger partial charge < -0.3 is 15.3 Å². The van der Waals surface area contributed by atoms with Crippen molar-refractivity contribution < 1.29 is 14.7 Å². The van der Waals surface area contributed by atoms with Gasteiger partial charge in [-0.05, 0) is 23.5 Å². The summed E-state index contributed by atoms with van der Waals surface area (Å²) in [7, 11) is 0. The van der Waals surface area contributed by atoms with Gasteiger partial charge in [-0.2, -0.15) is 0 Å². The quantitative estimate of drug-likeness (QED) is 0.760. The molecule has 1 aliphatic rings. The maximum Gasteiger partial charge on any atom is 0.255 e. The van der Waals surface area contributed by atoms with Crippen molar-refractivity contribution in [2.45, 2.75) is 59.2 Å². The number of carbonyl (C=O) groups is 2. The molecule has 2 N–H and O–H groups in total. The van der Waals surface area contributed by atoms with E-state index >= 15 is 0 Å². The number of hydrogen-bond acceptors (Lipinski definition) is 3. The second-order valence-corrected chi connectivity index (χ2v) is 7.10. The molecule has 0 bridgehead atoms. The van der Waals surface area contributed by atoms with Crippen molar-refractivity contribution >= 4 is 11.8 Å². The average Bonchev–Trinajstić information content (AvgIpc) is 2.95. The maximum atomic E-state index is 13.0. The number of amides is 2. The van der Waals surface area contributed by atoms with Crippen LogP contribution in [0.3, 0.4) is 0 Å². The fraction of sp³-hybridized carbons (Fsp3) is 0.600. The number of hydrogen-bond donors (Lipinski definition) is 2. The van der Waals surface area contributed by atoms with Gasteiger partial charge in [-0.1, -0.05) is 58.7 Å². The monoisotopic (exact) mass is 346 g/mol. The summed E-state index contributed by atoms with van der Waals surface area (Å²) in [6.07, 6.45) is 1.67. The van der Waals surface area contributed by atoms with Crippen molar-refractivity contribution in [3.05, 3.63) is 35.4 Å². The summed E-state index contributed by atoms with van der Waals surface area (Å²) in [5.41, 5.74) is 1.65. The molecular formula is C20H30N2O3. The number of nitrogens with zero attached hydrogens (tertiary/aromatic N) is 1. The second kappa shape index (κ2) is 8.48. The molecule has 138 valence electrons. The largest absolute Gasteiger partial charge is 0.394 e. The number of fused-ring (bicyclic) bond motifs is 1. The van der Waals surface area contributed by atoms with E-state index in [1.165, 1.54) is 0 Å². The highest BCUT2D eigenvalue weighted by Crippen LogP contribution is 2.28. The van der Waals surface area contributed by atoms with Crippen LogP contribution in [0.4, 0.5) is 0 Å². The lowest BCUT2D eigenvalue weighted by Crippen LogP contribution is -2.54. The molecule has 1 aromatic rings. The molecule has 0 saturated heterocycles. The molecule has 0 radical (unpaired) electrons. The van der Waals surface area contributed by atoms with Crippen LogP contribution in [-0.4, -0.2) is 40.5 Å². The number of benzene rings is 1. The number of carbonyl (C=O) groups excluding carboxylic acids is 2. The Balaban J connectivity index is 2.23. The average molecular weight is 346 g/mol. The van der Waals surface area contributed by atoms with Gasteiger partial charge in [0, 0.05) is 12.1 Å². The van der Waals surface area contributed by atoms with Crippen LogP contribution in [0, 0.1) is 11.8 Å². The van der Waals surface area contributed by atoms with Gasteiger partial charge in [-0.3, -0.25) is 9.59 Å². The zero-order valence-electron chi connectivity index (χ0n) is 15.7. The van der Waals surface area contributed by atoms with Crippen LogP contribution < -0.4 is 5.32 Å². The summed E-state index contributed by atoms with van der Waals surface area (Å²) in [6, 6.07) is 6.71. The van der Waals surface area contributed by atoms with Gasteiger partial charge in [0.1, 0.15) is 6.04 Å². The van der Waals surface area contributed by atoms with Crippen LogP contribution in [-0.2, 0) is 11.3 Å². The van der Waals surface area contributed by atoms with Crippen LogP contribution in [0.5, 0.6) is 0 Å².